The van der Waals surface area contributed by atoms with E-state index in [9.17, 15) is 14.0 Å². The van der Waals surface area contributed by atoms with Crippen molar-refractivity contribution in [3.8, 4) is 0 Å². The third kappa shape index (κ3) is 2.34. The van der Waals surface area contributed by atoms with Crippen LogP contribution in [0.5, 0.6) is 0 Å². The first kappa shape index (κ1) is 12.5. The fourth-order valence-electron chi connectivity index (χ4n) is 2.03. The lowest BCUT2D eigenvalue weighted by atomic mass is 10.1. The number of carbonyl (C=O) groups excluding carboxylic acids is 2. The number of hydrogen-bond donors (Lipinski definition) is 0. The Balaban J connectivity index is 2.33. The SMILES string of the molecule is CC(=O)c1cc(F)ccc1N1CCN(C)C(=O)C1. The number of anilines is 1. The number of piperazine rings is 1. The molecule has 0 spiro atoms. The first-order valence-electron chi connectivity index (χ1n) is 5.78. The van der Waals surface area contributed by atoms with Gasteiger partial charge in [0.15, 0.2) is 5.78 Å². The maximum Gasteiger partial charge on any atom is 0.241 e. The molecule has 1 aliphatic heterocycles. The summed E-state index contributed by atoms with van der Waals surface area (Å²) in [5.74, 6) is -0.639. The van der Waals surface area contributed by atoms with Crippen LogP contribution in [0.1, 0.15) is 17.3 Å². The summed E-state index contributed by atoms with van der Waals surface area (Å²) >= 11 is 0. The van der Waals surface area contributed by atoms with Crippen molar-refractivity contribution in [3.63, 3.8) is 0 Å². The van der Waals surface area contributed by atoms with E-state index < -0.39 is 5.82 Å². The first-order chi connectivity index (χ1) is 8.49. The van der Waals surface area contributed by atoms with Crippen molar-refractivity contribution in [2.24, 2.45) is 0 Å². The summed E-state index contributed by atoms with van der Waals surface area (Å²) in [6.45, 7) is 2.88. The largest absolute Gasteiger partial charge is 0.360 e. The lowest BCUT2D eigenvalue weighted by molar-refractivity contribution is -0.129. The van der Waals surface area contributed by atoms with E-state index in [2.05, 4.69) is 0 Å². The number of ketones is 1. The highest BCUT2D eigenvalue weighted by Crippen LogP contribution is 2.23. The molecule has 0 radical (unpaired) electrons. The maximum atomic E-state index is 13.2. The zero-order valence-corrected chi connectivity index (χ0v) is 10.4. The zero-order chi connectivity index (χ0) is 13.3. The minimum absolute atomic E-state index is 0.0000713. The number of benzene rings is 1. The molecule has 1 fully saturated rings. The molecule has 1 aromatic carbocycles. The van der Waals surface area contributed by atoms with Crippen LogP contribution < -0.4 is 4.90 Å². The minimum Gasteiger partial charge on any atom is -0.360 e. The van der Waals surface area contributed by atoms with Gasteiger partial charge < -0.3 is 9.80 Å². The van der Waals surface area contributed by atoms with Crippen LogP contribution >= 0.6 is 0 Å². The standard InChI is InChI=1S/C13H15FN2O2/c1-9(17)11-7-10(14)3-4-12(11)16-6-5-15(2)13(18)8-16/h3-4,7H,5-6,8H2,1-2H3. The van der Waals surface area contributed by atoms with E-state index in [0.29, 0.717) is 24.3 Å². The fourth-order valence-corrected chi connectivity index (χ4v) is 2.03. The first-order valence-corrected chi connectivity index (χ1v) is 5.78. The van der Waals surface area contributed by atoms with E-state index in [1.54, 1.807) is 18.0 Å². The van der Waals surface area contributed by atoms with E-state index >= 15 is 0 Å². The molecule has 0 aromatic heterocycles. The predicted octanol–water partition coefficient (Wildman–Crippen LogP) is 1.31. The minimum atomic E-state index is -0.440. The van der Waals surface area contributed by atoms with Crippen molar-refractivity contribution in [2.75, 3.05) is 31.6 Å². The van der Waals surface area contributed by atoms with Gasteiger partial charge in [-0.15, -0.1) is 0 Å². The Morgan fingerprint density at radius 3 is 2.67 bits per heavy atom. The Bertz CT molecular complexity index is 502. The average Bonchev–Trinajstić information content (AvgIpc) is 2.32. The van der Waals surface area contributed by atoms with Crippen LogP contribution in [0.4, 0.5) is 10.1 Å². The number of amides is 1. The smallest absolute Gasteiger partial charge is 0.241 e. The molecule has 0 aliphatic carbocycles. The summed E-state index contributed by atoms with van der Waals surface area (Å²) in [6.07, 6.45) is 0. The molecular weight excluding hydrogens is 235 g/mol. The molecule has 1 aliphatic rings. The summed E-state index contributed by atoms with van der Waals surface area (Å²) in [7, 11) is 1.75. The average molecular weight is 250 g/mol. The third-order valence-corrected chi connectivity index (χ3v) is 3.14. The Hall–Kier alpha value is -1.91. The Labute approximate surface area is 105 Å². The van der Waals surface area contributed by atoms with Crippen LogP contribution in [-0.2, 0) is 4.79 Å². The molecule has 96 valence electrons. The van der Waals surface area contributed by atoms with Gasteiger partial charge in [-0.25, -0.2) is 4.39 Å². The summed E-state index contributed by atoms with van der Waals surface area (Å²) in [5, 5.41) is 0. The summed E-state index contributed by atoms with van der Waals surface area (Å²) < 4.78 is 13.2. The number of carbonyl (C=O) groups is 2. The van der Waals surface area contributed by atoms with Crippen LogP contribution in [0, 0.1) is 5.82 Å². The van der Waals surface area contributed by atoms with Gasteiger partial charge in [0.2, 0.25) is 5.91 Å². The molecule has 2 rings (SSSR count). The Kier molecular flexibility index (Phi) is 3.32. The second kappa shape index (κ2) is 4.76. The van der Waals surface area contributed by atoms with Gasteiger partial charge >= 0.3 is 0 Å². The van der Waals surface area contributed by atoms with Gasteiger partial charge in [0.1, 0.15) is 5.82 Å². The van der Waals surface area contributed by atoms with Crippen LogP contribution in [0.25, 0.3) is 0 Å². The molecule has 0 saturated carbocycles. The van der Waals surface area contributed by atoms with Gasteiger partial charge in [0, 0.05) is 31.4 Å². The number of Topliss-reactive ketones (excluding diaryl/α,β-unsaturated/α-hetero) is 1. The quantitative estimate of drug-likeness (QED) is 0.743. The molecule has 0 bridgehead atoms. The van der Waals surface area contributed by atoms with Crippen molar-refractivity contribution in [1.82, 2.24) is 4.90 Å². The Morgan fingerprint density at radius 1 is 1.33 bits per heavy atom. The van der Waals surface area contributed by atoms with Crippen LogP contribution in [0.15, 0.2) is 18.2 Å². The van der Waals surface area contributed by atoms with Crippen molar-refractivity contribution >= 4 is 17.4 Å². The molecule has 18 heavy (non-hydrogen) atoms. The molecule has 1 aromatic rings. The second-order valence-corrected chi connectivity index (χ2v) is 4.45. The molecule has 0 unspecified atom stereocenters. The highest BCUT2D eigenvalue weighted by Gasteiger charge is 2.23. The van der Waals surface area contributed by atoms with Crippen LogP contribution in [-0.4, -0.2) is 43.3 Å². The number of halogens is 1. The van der Waals surface area contributed by atoms with Crippen LogP contribution in [0.2, 0.25) is 0 Å². The molecule has 1 heterocycles. The van der Waals surface area contributed by atoms with Crippen molar-refractivity contribution in [2.45, 2.75) is 6.92 Å². The van der Waals surface area contributed by atoms with Gasteiger partial charge in [-0.05, 0) is 25.1 Å². The van der Waals surface area contributed by atoms with Crippen molar-refractivity contribution in [3.05, 3.63) is 29.6 Å². The second-order valence-electron chi connectivity index (χ2n) is 4.45. The van der Waals surface area contributed by atoms with Gasteiger partial charge in [0.05, 0.1) is 6.54 Å². The Morgan fingerprint density at radius 2 is 2.06 bits per heavy atom. The number of likely N-dealkylation sites (N-methyl/N-ethyl adjacent to an activating group) is 1. The molecule has 1 saturated heterocycles. The van der Waals surface area contributed by atoms with Gasteiger partial charge in [0.25, 0.3) is 0 Å². The lowest BCUT2D eigenvalue weighted by Gasteiger charge is -2.34. The fraction of sp³-hybridized carbons (Fsp3) is 0.385. The lowest BCUT2D eigenvalue weighted by Crippen LogP contribution is -2.48. The molecule has 4 nitrogen and oxygen atoms in total. The molecular formula is C13H15FN2O2. The zero-order valence-electron chi connectivity index (χ0n) is 10.4. The normalized spacial score (nSPS) is 16.1. The topological polar surface area (TPSA) is 40.6 Å². The number of rotatable bonds is 2. The maximum absolute atomic E-state index is 13.2. The highest BCUT2D eigenvalue weighted by atomic mass is 19.1. The number of nitrogens with zero attached hydrogens (tertiary/aromatic N) is 2. The molecule has 1 amide bonds. The molecule has 5 heteroatoms. The summed E-state index contributed by atoms with van der Waals surface area (Å²) in [4.78, 5) is 26.6. The van der Waals surface area contributed by atoms with E-state index in [4.69, 9.17) is 0 Å². The monoisotopic (exact) mass is 250 g/mol. The van der Waals surface area contributed by atoms with Gasteiger partial charge in [-0.3, -0.25) is 9.59 Å². The van der Waals surface area contributed by atoms with Gasteiger partial charge in [-0.1, -0.05) is 0 Å². The van der Waals surface area contributed by atoms with Gasteiger partial charge in [-0.2, -0.15) is 0 Å². The molecule has 0 atom stereocenters. The van der Waals surface area contributed by atoms with Crippen molar-refractivity contribution < 1.29 is 14.0 Å². The molecule has 0 N–H and O–H groups in total. The van der Waals surface area contributed by atoms with E-state index in [0.717, 1.165) is 0 Å². The van der Waals surface area contributed by atoms with E-state index in [1.165, 1.54) is 19.1 Å². The van der Waals surface area contributed by atoms with Crippen LogP contribution in [0.3, 0.4) is 0 Å². The summed E-state index contributed by atoms with van der Waals surface area (Å²) in [6, 6.07) is 4.09. The summed E-state index contributed by atoms with van der Waals surface area (Å²) in [5.41, 5.74) is 0.956. The van der Waals surface area contributed by atoms with E-state index in [-0.39, 0.29) is 18.2 Å². The predicted molar refractivity (Wildman–Crippen MR) is 66.3 cm³/mol. The van der Waals surface area contributed by atoms with Crippen molar-refractivity contribution in [1.29, 1.82) is 0 Å². The van der Waals surface area contributed by atoms with E-state index in [1.807, 2.05) is 4.90 Å². The highest BCUT2D eigenvalue weighted by molar-refractivity contribution is 6.00. The third-order valence-electron chi connectivity index (χ3n) is 3.14. The number of hydrogen-bond acceptors (Lipinski definition) is 3.